The second-order valence-corrected chi connectivity index (χ2v) is 6.59. The fourth-order valence-electron chi connectivity index (χ4n) is 2.53. The molecule has 3 aromatic rings. The van der Waals surface area contributed by atoms with E-state index >= 15 is 0 Å². The fourth-order valence-corrected chi connectivity index (χ4v) is 3.25. The molecule has 0 saturated carbocycles. The van der Waals surface area contributed by atoms with Crippen LogP contribution < -0.4 is 9.64 Å². The normalized spacial score (nSPS) is 10.5. The zero-order valence-electron chi connectivity index (χ0n) is 13.9. The van der Waals surface area contributed by atoms with Crippen molar-refractivity contribution in [2.24, 2.45) is 0 Å². The Balaban J connectivity index is 1.61. The van der Waals surface area contributed by atoms with E-state index in [1.807, 2.05) is 24.4 Å². The van der Waals surface area contributed by atoms with Gasteiger partial charge in [0.2, 0.25) is 0 Å². The molecule has 24 heavy (non-hydrogen) atoms. The lowest BCUT2D eigenvalue weighted by atomic mass is 10.2. The molecule has 0 aliphatic rings. The average Bonchev–Trinajstić information content (AvgIpc) is 3.15. The third-order valence-electron chi connectivity index (χ3n) is 3.90. The summed E-state index contributed by atoms with van der Waals surface area (Å²) in [6, 6.07) is 16.7. The highest BCUT2D eigenvalue weighted by molar-refractivity contribution is 7.09. The molecule has 0 unspecified atom stereocenters. The Labute approximate surface area is 147 Å². The molecule has 0 spiro atoms. The van der Waals surface area contributed by atoms with Gasteiger partial charge in [0.05, 0.1) is 25.0 Å². The summed E-state index contributed by atoms with van der Waals surface area (Å²) in [6.45, 7) is 4.50. The van der Waals surface area contributed by atoms with Gasteiger partial charge >= 0.3 is 0 Å². The van der Waals surface area contributed by atoms with Crippen molar-refractivity contribution in [3.05, 3.63) is 76.7 Å². The van der Waals surface area contributed by atoms with Gasteiger partial charge < -0.3 is 9.64 Å². The van der Waals surface area contributed by atoms with Gasteiger partial charge in [0.1, 0.15) is 12.4 Å². The number of benzene rings is 1. The van der Waals surface area contributed by atoms with Crippen molar-refractivity contribution in [1.82, 2.24) is 4.98 Å². The van der Waals surface area contributed by atoms with Gasteiger partial charge in [-0.3, -0.25) is 4.98 Å². The molecule has 0 fully saturated rings. The molecule has 4 heteroatoms. The number of hydrogen-bond acceptors (Lipinski definition) is 4. The van der Waals surface area contributed by atoms with Crippen LogP contribution in [-0.4, -0.2) is 18.1 Å². The number of pyridine rings is 1. The van der Waals surface area contributed by atoms with Crippen LogP contribution in [0.4, 0.5) is 5.69 Å². The van der Waals surface area contributed by atoms with Crippen LogP contribution in [0.3, 0.4) is 0 Å². The molecule has 0 radical (unpaired) electrons. The largest absolute Gasteiger partial charge is 0.492 e. The Morgan fingerprint density at radius 3 is 2.62 bits per heavy atom. The first-order valence-electron chi connectivity index (χ1n) is 8.24. The van der Waals surface area contributed by atoms with Crippen LogP contribution in [0.2, 0.25) is 0 Å². The molecule has 0 aliphatic heterocycles. The van der Waals surface area contributed by atoms with E-state index in [1.165, 1.54) is 10.4 Å². The summed E-state index contributed by atoms with van der Waals surface area (Å²) in [4.78, 5) is 7.88. The molecular weight excluding hydrogens is 316 g/mol. The molecule has 0 amide bonds. The molecular formula is C20H22N2OS. The van der Waals surface area contributed by atoms with Crippen LogP contribution in [0.1, 0.15) is 17.4 Å². The van der Waals surface area contributed by atoms with E-state index in [1.54, 1.807) is 17.5 Å². The second-order valence-electron chi connectivity index (χ2n) is 5.56. The Morgan fingerprint density at radius 2 is 1.96 bits per heavy atom. The first-order valence-corrected chi connectivity index (χ1v) is 9.12. The average molecular weight is 338 g/mol. The molecule has 0 N–H and O–H groups in total. The van der Waals surface area contributed by atoms with Gasteiger partial charge in [-0.2, -0.15) is 0 Å². The lowest BCUT2D eigenvalue weighted by molar-refractivity contribution is 0.323. The van der Waals surface area contributed by atoms with Crippen LogP contribution in [-0.2, 0) is 13.0 Å². The van der Waals surface area contributed by atoms with Crippen LogP contribution >= 0.6 is 11.3 Å². The zero-order valence-corrected chi connectivity index (χ0v) is 14.7. The fraction of sp³-hybridized carbons (Fsp3) is 0.250. The maximum absolute atomic E-state index is 5.92. The van der Waals surface area contributed by atoms with E-state index in [-0.39, 0.29) is 0 Å². The van der Waals surface area contributed by atoms with Gasteiger partial charge in [-0.05, 0) is 47.7 Å². The predicted molar refractivity (Wildman–Crippen MR) is 101 cm³/mol. The van der Waals surface area contributed by atoms with Crippen molar-refractivity contribution in [2.75, 3.05) is 18.1 Å². The van der Waals surface area contributed by atoms with Crippen molar-refractivity contribution < 1.29 is 4.74 Å². The monoisotopic (exact) mass is 338 g/mol. The summed E-state index contributed by atoms with van der Waals surface area (Å²) in [7, 11) is 0. The smallest absolute Gasteiger partial charge is 0.119 e. The van der Waals surface area contributed by atoms with E-state index in [0.29, 0.717) is 6.61 Å². The third kappa shape index (κ3) is 4.59. The summed E-state index contributed by atoms with van der Waals surface area (Å²) >= 11 is 1.78. The van der Waals surface area contributed by atoms with Crippen molar-refractivity contribution >= 4 is 17.0 Å². The molecule has 3 nitrogen and oxygen atoms in total. The van der Waals surface area contributed by atoms with E-state index in [2.05, 4.69) is 52.5 Å². The van der Waals surface area contributed by atoms with Crippen molar-refractivity contribution in [1.29, 1.82) is 0 Å². The summed E-state index contributed by atoms with van der Waals surface area (Å²) < 4.78 is 5.92. The minimum Gasteiger partial charge on any atom is -0.492 e. The SMILES string of the molecule is CCc1ccc(OCCN(Cc2cccs2)c2cccnc2)cc1. The lowest BCUT2D eigenvalue weighted by Crippen LogP contribution is -2.27. The van der Waals surface area contributed by atoms with Crippen LogP contribution in [0, 0.1) is 0 Å². The number of aromatic nitrogens is 1. The van der Waals surface area contributed by atoms with Crippen molar-refractivity contribution in [2.45, 2.75) is 19.9 Å². The van der Waals surface area contributed by atoms with Gasteiger partial charge in [-0.15, -0.1) is 11.3 Å². The summed E-state index contributed by atoms with van der Waals surface area (Å²) in [5, 5.41) is 2.11. The van der Waals surface area contributed by atoms with Crippen molar-refractivity contribution in [3.8, 4) is 5.75 Å². The molecule has 0 atom stereocenters. The van der Waals surface area contributed by atoms with E-state index in [4.69, 9.17) is 4.74 Å². The number of ether oxygens (including phenoxy) is 1. The molecule has 124 valence electrons. The standard InChI is InChI=1S/C20H22N2OS/c1-2-17-7-9-19(10-8-17)23-13-12-22(16-20-6-4-14-24-20)18-5-3-11-21-15-18/h3-11,14-15H,2,12-13,16H2,1H3. The van der Waals surface area contributed by atoms with Gasteiger partial charge in [-0.1, -0.05) is 25.1 Å². The number of aryl methyl sites for hydroxylation is 1. The molecule has 0 bridgehead atoms. The quantitative estimate of drug-likeness (QED) is 0.590. The number of anilines is 1. The zero-order chi connectivity index (χ0) is 16.6. The second kappa shape index (κ2) is 8.50. The Hall–Kier alpha value is -2.33. The van der Waals surface area contributed by atoms with Crippen LogP contribution in [0.5, 0.6) is 5.75 Å². The first-order chi connectivity index (χ1) is 11.8. The number of nitrogens with zero attached hydrogens (tertiary/aromatic N) is 2. The summed E-state index contributed by atoms with van der Waals surface area (Å²) in [5.74, 6) is 0.925. The highest BCUT2D eigenvalue weighted by Crippen LogP contribution is 2.19. The van der Waals surface area contributed by atoms with Gasteiger partial charge in [0.15, 0.2) is 0 Å². The number of thiophene rings is 1. The van der Waals surface area contributed by atoms with E-state index in [0.717, 1.165) is 30.9 Å². The number of rotatable bonds is 8. The maximum Gasteiger partial charge on any atom is 0.119 e. The first kappa shape index (κ1) is 16.5. The third-order valence-corrected chi connectivity index (χ3v) is 4.76. The molecule has 2 heterocycles. The molecule has 1 aromatic carbocycles. The summed E-state index contributed by atoms with van der Waals surface area (Å²) in [6.07, 6.45) is 4.76. The predicted octanol–water partition coefficient (Wildman–Crippen LogP) is 4.79. The highest BCUT2D eigenvalue weighted by Gasteiger charge is 2.08. The Morgan fingerprint density at radius 1 is 1.08 bits per heavy atom. The van der Waals surface area contributed by atoms with Crippen LogP contribution in [0.15, 0.2) is 66.3 Å². The topological polar surface area (TPSA) is 25.4 Å². The minimum absolute atomic E-state index is 0.645. The van der Waals surface area contributed by atoms with Crippen molar-refractivity contribution in [3.63, 3.8) is 0 Å². The maximum atomic E-state index is 5.92. The molecule has 0 aliphatic carbocycles. The number of hydrogen-bond donors (Lipinski definition) is 0. The van der Waals surface area contributed by atoms with Gasteiger partial charge in [-0.25, -0.2) is 0 Å². The van der Waals surface area contributed by atoms with Crippen LogP contribution in [0.25, 0.3) is 0 Å². The minimum atomic E-state index is 0.645. The van der Waals surface area contributed by atoms with Gasteiger partial charge in [0.25, 0.3) is 0 Å². The molecule has 0 saturated heterocycles. The lowest BCUT2D eigenvalue weighted by Gasteiger charge is -2.24. The molecule has 2 aromatic heterocycles. The highest BCUT2D eigenvalue weighted by atomic mass is 32.1. The van der Waals surface area contributed by atoms with E-state index in [9.17, 15) is 0 Å². The Bertz CT molecular complexity index is 711. The summed E-state index contributed by atoms with van der Waals surface area (Å²) in [5.41, 5.74) is 2.45. The molecule has 3 rings (SSSR count). The Kier molecular flexibility index (Phi) is 5.85. The van der Waals surface area contributed by atoms with E-state index < -0.39 is 0 Å². The van der Waals surface area contributed by atoms with Gasteiger partial charge in [0, 0.05) is 11.1 Å².